The zero-order valence-corrected chi connectivity index (χ0v) is 15.7. The van der Waals surface area contributed by atoms with Crippen molar-refractivity contribution in [1.29, 1.82) is 0 Å². The van der Waals surface area contributed by atoms with Crippen molar-refractivity contribution >= 4 is 17.4 Å². The Bertz CT molecular complexity index is 954. The van der Waals surface area contributed by atoms with Gasteiger partial charge in [0.1, 0.15) is 11.6 Å². The highest BCUT2D eigenvalue weighted by molar-refractivity contribution is 5.94. The van der Waals surface area contributed by atoms with Crippen molar-refractivity contribution in [2.45, 2.75) is 20.4 Å². The number of nitrogens with one attached hydrogen (secondary N) is 2. The molecule has 2 N–H and O–H groups in total. The van der Waals surface area contributed by atoms with E-state index in [2.05, 4.69) is 21.7 Å². The van der Waals surface area contributed by atoms with Crippen LogP contribution in [0.25, 0.3) is 0 Å². The second-order valence-corrected chi connectivity index (χ2v) is 6.43. The number of aromatic nitrogens is 1. The lowest BCUT2D eigenvalue weighted by Gasteiger charge is -2.12. The van der Waals surface area contributed by atoms with E-state index in [1.807, 2.05) is 50.2 Å². The maximum atomic E-state index is 12.5. The predicted molar refractivity (Wildman–Crippen MR) is 108 cm³/mol. The average Bonchev–Trinajstić information content (AvgIpc) is 2.66. The van der Waals surface area contributed by atoms with Gasteiger partial charge in [-0.25, -0.2) is 4.98 Å². The SMILES string of the molecule is COc1ccc(C)cc1Nc1cc(C(=O)NCc2cccc(C)c2)ccn1. The number of carbonyl (C=O) groups excluding carboxylic acids is 1. The van der Waals surface area contributed by atoms with Gasteiger partial charge in [0.25, 0.3) is 5.91 Å². The number of ether oxygens (including phenoxy) is 1. The van der Waals surface area contributed by atoms with Gasteiger partial charge >= 0.3 is 0 Å². The summed E-state index contributed by atoms with van der Waals surface area (Å²) in [5.74, 6) is 1.16. The van der Waals surface area contributed by atoms with Crippen LogP contribution in [0.15, 0.2) is 60.8 Å². The summed E-state index contributed by atoms with van der Waals surface area (Å²) in [4.78, 5) is 16.8. The molecule has 0 unspecified atom stereocenters. The zero-order valence-electron chi connectivity index (χ0n) is 15.7. The average molecular weight is 361 g/mol. The maximum Gasteiger partial charge on any atom is 0.251 e. The number of pyridine rings is 1. The Labute approximate surface area is 159 Å². The van der Waals surface area contributed by atoms with E-state index in [0.29, 0.717) is 17.9 Å². The number of amides is 1. The number of hydrogen-bond acceptors (Lipinski definition) is 4. The van der Waals surface area contributed by atoms with Gasteiger partial charge in [0.2, 0.25) is 0 Å². The summed E-state index contributed by atoms with van der Waals surface area (Å²) < 4.78 is 5.38. The molecule has 0 fully saturated rings. The van der Waals surface area contributed by atoms with Gasteiger partial charge in [-0.3, -0.25) is 4.79 Å². The third kappa shape index (κ3) is 4.85. The predicted octanol–water partition coefficient (Wildman–Crippen LogP) is 4.38. The lowest BCUT2D eigenvalue weighted by atomic mass is 10.1. The molecule has 27 heavy (non-hydrogen) atoms. The van der Waals surface area contributed by atoms with Gasteiger partial charge in [-0.2, -0.15) is 0 Å². The molecule has 2 aromatic carbocycles. The minimum atomic E-state index is -0.141. The molecule has 3 rings (SSSR count). The van der Waals surface area contributed by atoms with Gasteiger partial charge in [0.05, 0.1) is 12.8 Å². The summed E-state index contributed by atoms with van der Waals surface area (Å²) >= 11 is 0. The van der Waals surface area contributed by atoms with Gasteiger partial charge in [-0.15, -0.1) is 0 Å². The molecule has 0 radical (unpaired) electrons. The van der Waals surface area contributed by atoms with Crippen LogP contribution in [0.4, 0.5) is 11.5 Å². The van der Waals surface area contributed by atoms with E-state index in [4.69, 9.17) is 4.74 Å². The number of nitrogens with zero attached hydrogens (tertiary/aromatic N) is 1. The Balaban J connectivity index is 1.71. The summed E-state index contributed by atoms with van der Waals surface area (Å²) in [6, 6.07) is 17.4. The van der Waals surface area contributed by atoms with Crippen molar-refractivity contribution in [3.8, 4) is 5.75 Å². The van der Waals surface area contributed by atoms with Crippen LogP contribution in [-0.2, 0) is 6.54 Å². The standard InChI is InChI=1S/C22H23N3O2/c1-15-5-4-6-17(11-15)14-24-22(26)18-9-10-23-21(13-18)25-19-12-16(2)7-8-20(19)27-3/h4-13H,14H2,1-3H3,(H,23,25)(H,24,26). The van der Waals surface area contributed by atoms with E-state index in [9.17, 15) is 4.79 Å². The van der Waals surface area contributed by atoms with E-state index in [1.165, 1.54) is 5.56 Å². The second kappa shape index (κ2) is 8.36. The quantitative estimate of drug-likeness (QED) is 0.684. The van der Waals surface area contributed by atoms with Crippen molar-refractivity contribution < 1.29 is 9.53 Å². The van der Waals surface area contributed by atoms with Crippen LogP contribution in [0.3, 0.4) is 0 Å². The van der Waals surface area contributed by atoms with Gasteiger partial charge in [-0.05, 0) is 49.2 Å². The Morgan fingerprint density at radius 3 is 2.63 bits per heavy atom. The molecule has 0 bridgehead atoms. The van der Waals surface area contributed by atoms with Crippen molar-refractivity contribution in [1.82, 2.24) is 10.3 Å². The minimum Gasteiger partial charge on any atom is -0.495 e. The topological polar surface area (TPSA) is 63.2 Å². The molecule has 0 atom stereocenters. The van der Waals surface area contributed by atoms with E-state index in [-0.39, 0.29) is 5.91 Å². The molecule has 1 aromatic heterocycles. The molecule has 5 heteroatoms. The van der Waals surface area contributed by atoms with Crippen LogP contribution in [0.5, 0.6) is 5.75 Å². The summed E-state index contributed by atoms with van der Waals surface area (Å²) in [6.45, 7) is 4.52. The maximum absolute atomic E-state index is 12.5. The summed E-state index contributed by atoms with van der Waals surface area (Å²) in [7, 11) is 1.62. The number of benzene rings is 2. The number of rotatable bonds is 6. The fraction of sp³-hybridized carbons (Fsp3) is 0.182. The number of methoxy groups -OCH3 is 1. The third-order valence-electron chi connectivity index (χ3n) is 4.18. The molecule has 0 saturated carbocycles. The first kappa shape index (κ1) is 18.5. The summed E-state index contributed by atoms with van der Waals surface area (Å²) in [5, 5.41) is 6.17. The van der Waals surface area contributed by atoms with E-state index >= 15 is 0 Å². The van der Waals surface area contributed by atoms with Crippen LogP contribution in [-0.4, -0.2) is 18.0 Å². The van der Waals surface area contributed by atoms with Gasteiger partial charge in [0.15, 0.2) is 0 Å². The van der Waals surface area contributed by atoms with Crippen molar-refractivity contribution in [2.75, 3.05) is 12.4 Å². The third-order valence-corrected chi connectivity index (χ3v) is 4.18. The molecule has 1 amide bonds. The van der Waals surface area contributed by atoms with Gasteiger partial charge in [-0.1, -0.05) is 35.9 Å². The lowest BCUT2D eigenvalue weighted by Crippen LogP contribution is -2.23. The number of anilines is 2. The highest BCUT2D eigenvalue weighted by Crippen LogP contribution is 2.28. The highest BCUT2D eigenvalue weighted by atomic mass is 16.5. The Kier molecular flexibility index (Phi) is 5.71. The largest absolute Gasteiger partial charge is 0.495 e. The van der Waals surface area contributed by atoms with Crippen LogP contribution in [0, 0.1) is 13.8 Å². The van der Waals surface area contributed by atoms with Crippen molar-refractivity contribution in [2.24, 2.45) is 0 Å². The Morgan fingerprint density at radius 1 is 1.04 bits per heavy atom. The Morgan fingerprint density at radius 2 is 1.85 bits per heavy atom. The fourth-order valence-corrected chi connectivity index (χ4v) is 2.80. The lowest BCUT2D eigenvalue weighted by molar-refractivity contribution is 0.0951. The van der Waals surface area contributed by atoms with E-state index < -0.39 is 0 Å². The molecule has 1 heterocycles. The Hall–Kier alpha value is -3.34. The van der Waals surface area contributed by atoms with Crippen molar-refractivity contribution in [3.05, 3.63) is 83.0 Å². The van der Waals surface area contributed by atoms with E-state index in [1.54, 1.807) is 25.4 Å². The van der Waals surface area contributed by atoms with Crippen LogP contribution in [0.2, 0.25) is 0 Å². The van der Waals surface area contributed by atoms with Gasteiger partial charge < -0.3 is 15.4 Å². The molecular formula is C22H23N3O2. The molecule has 0 aliphatic rings. The molecule has 0 aliphatic heterocycles. The smallest absolute Gasteiger partial charge is 0.251 e. The van der Waals surface area contributed by atoms with E-state index in [0.717, 1.165) is 22.6 Å². The normalized spacial score (nSPS) is 10.3. The monoisotopic (exact) mass is 361 g/mol. The minimum absolute atomic E-state index is 0.141. The molecular weight excluding hydrogens is 338 g/mol. The van der Waals surface area contributed by atoms with Crippen LogP contribution < -0.4 is 15.4 Å². The highest BCUT2D eigenvalue weighted by Gasteiger charge is 2.09. The molecule has 0 aliphatic carbocycles. The van der Waals surface area contributed by atoms with Crippen molar-refractivity contribution in [3.63, 3.8) is 0 Å². The second-order valence-electron chi connectivity index (χ2n) is 6.43. The molecule has 3 aromatic rings. The van der Waals surface area contributed by atoms with Crippen LogP contribution >= 0.6 is 0 Å². The molecule has 0 spiro atoms. The fourth-order valence-electron chi connectivity index (χ4n) is 2.80. The number of hydrogen-bond donors (Lipinski definition) is 2. The molecule has 138 valence electrons. The zero-order chi connectivity index (χ0) is 19.2. The number of aryl methyl sites for hydroxylation is 2. The number of carbonyl (C=O) groups is 1. The first-order valence-corrected chi connectivity index (χ1v) is 8.76. The van der Waals surface area contributed by atoms with Gasteiger partial charge in [0, 0.05) is 18.3 Å². The summed E-state index contributed by atoms with van der Waals surface area (Å²) in [6.07, 6.45) is 1.62. The van der Waals surface area contributed by atoms with Crippen LogP contribution in [0.1, 0.15) is 27.0 Å². The molecule has 0 saturated heterocycles. The summed E-state index contributed by atoms with van der Waals surface area (Å²) in [5.41, 5.74) is 4.70. The first-order chi connectivity index (χ1) is 13.0. The molecule has 5 nitrogen and oxygen atoms in total. The first-order valence-electron chi connectivity index (χ1n) is 8.76.